The van der Waals surface area contributed by atoms with E-state index in [0.29, 0.717) is 12.0 Å². The number of aliphatic carboxylic acids is 1. The van der Waals surface area contributed by atoms with Gasteiger partial charge in [-0.15, -0.1) is 0 Å². The van der Waals surface area contributed by atoms with Crippen molar-refractivity contribution in [3.05, 3.63) is 53.6 Å². The molecule has 2 aliphatic heterocycles. The largest absolute Gasteiger partial charge is 0.481 e. The fourth-order valence-corrected chi connectivity index (χ4v) is 4.08. The number of carboxylic acid groups (broad SMARTS) is 1. The van der Waals surface area contributed by atoms with Gasteiger partial charge < -0.3 is 20.6 Å². The molecule has 3 N–H and O–H groups in total. The van der Waals surface area contributed by atoms with E-state index in [1.807, 2.05) is 0 Å². The maximum atomic E-state index is 14.2. The van der Waals surface area contributed by atoms with Crippen LogP contribution in [-0.4, -0.2) is 52.3 Å². The Bertz CT molecular complexity index is 1140. The van der Waals surface area contributed by atoms with E-state index in [4.69, 9.17) is 5.11 Å². The third-order valence-electron chi connectivity index (χ3n) is 5.59. The molecule has 2 aromatic carbocycles. The Morgan fingerprint density at radius 3 is 2.59 bits per heavy atom. The number of carbonyl (C=O) groups is 4. The van der Waals surface area contributed by atoms with E-state index in [2.05, 4.69) is 10.6 Å². The quantitative estimate of drug-likeness (QED) is 0.655. The van der Waals surface area contributed by atoms with Crippen LogP contribution in [0.3, 0.4) is 0 Å². The van der Waals surface area contributed by atoms with Gasteiger partial charge in [-0.1, -0.05) is 6.07 Å². The Balaban J connectivity index is 1.60. The number of carbonyl (C=O) groups excluding carboxylic acids is 3. The predicted octanol–water partition coefficient (Wildman–Crippen LogP) is 2.15. The highest BCUT2D eigenvalue weighted by Crippen LogP contribution is 2.33. The number of hydrogen-bond donors (Lipinski definition) is 3. The summed E-state index contributed by atoms with van der Waals surface area (Å²) in [5.74, 6) is -4.08. The van der Waals surface area contributed by atoms with Gasteiger partial charge in [0.15, 0.2) is 0 Å². The molecule has 0 spiro atoms. The molecule has 4 rings (SSSR count). The Kier molecular flexibility index (Phi) is 5.60. The second-order valence-corrected chi connectivity index (χ2v) is 7.67. The average Bonchev–Trinajstić information content (AvgIpc) is 3.11. The molecule has 3 amide bonds. The summed E-state index contributed by atoms with van der Waals surface area (Å²) in [5.41, 5.74) is 0.857. The van der Waals surface area contributed by atoms with Crippen molar-refractivity contribution in [2.45, 2.75) is 31.3 Å². The van der Waals surface area contributed by atoms with Gasteiger partial charge in [-0.05, 0) is 36.2 Å². The number of rotatable bonds is 5. The zero-order chi connectivity index (χ0) is 23.0. The van der Waals surface area contributed by atoms with E-state index in [0.717, 1.165) is 12.1 Å². The fourth-order valence-electron chi connectivity index (χ4n) is 4.08. The van der Waals surface area contributed by atoms with Gasteiger partial charge >= 0.3 is 5.97 Å². The lowest BCUT2D eigenvalue weighted by Gasteiger charge is -2.25. The van der Waals surface area contributed by atoms with Crippen LogP contribution in [0, 0.1) is 11.6 Å². The zero-order valence-electron chi connectivity index (χ0n) is 16.7. The number of hydrogen-bond acceptors (Lipinski definition) is 4. The molecule has 2 aromatic rings. The highest BCUT2D eigenvalue weighted by Gasteiger charge is 2.45. The molecule has 0 radical (unpaired) electrons. The molecule has 0 aliphatic carbocycles. The zero-order valence-corrected chi connectivity index (χ0v) is 16.7. The molecule has 0 bridgehead atoms. The first-order valence-electron chi connectivity index (χ1n) is 9.97. The number of halogens is 2. The average molecular weight is 443 g/mol. The summed E-state index contributed by atoms with van der Waals surface area (Å²) in [6.45, 7) is 0.204. The molecule has 32 heavy (non-hydrogen) atoms. The first kappa shape index (κ1) is 21.4. The minimum atomic E-state index is -1.11. The summed E-state index contributed by atoms with van der Waals surface area (Å²) in [7, 11) is 0. The maximum Gasteiger partial charge on any atom is 0.303 e. The second-order valence-electron chi connectivity index (χ2n) is 7.67. The molecule has 2 aliphatic rings. The Labute approximate surface area is 181 Å². The lowest BCUT2D eigenvalue weighted by Crippen LogP contribution is -2.51. The molecular weight excluding hydrogens is 424 g/mol. The Morgan fingerprint density at radius 2 is 1.88 bits per heavy atom. The summed E-state index contributed by atoms with van der Waals surface area (Å²) < 4.78 is 27.5. The van der Waals surface area contributed by atoms with Gasteiger partial charge in [-0.3, -0.25) is 19.2 Å². The van der Waals surface area contributed by atoms with Crippen LogP contribution >= 0.6 is 0 Å². The van der Waals surface area contributed by atoms with Gasteiger partial charge in [0.05, 0.1) is 23.7 Å². The minimum absolute atomic E-state index is 0.110. The minimum Gasteiger partial charge on any atom is -0.481 e. The van der Waals surface area contributed by atoms with E-state index in [1.54, 1.807) is 0 Å². The third-order valence-corrected chi connectivity index (χ3v) is 5.59. The molecule has 2 atom stereocenters. The van der Waals surface area contributed by atoms with Crippen LogP contribution in [0.25, 0.3) is 11.1 Å². The Hall–Kier alpha value is -3.82. The van der Waals surface area contributed by atoms with Gasteiger partial charge in [0.25, 0.3) is 5.91 Å². The van der Waals surface area contributed by atoms with Gasteiger partial charge in [-0.2, -0.15) is 0 Å². The lowest BCUT2D eigenvalue weighted by molar-refractivity contribution is -0.139. The highest BCUT2D eigenvalue weighted by molar-refractivity contribution is 6.11. The van der Waals surface area contributed by atoms with Crippen LogP contribution < -0.4 is 10.6 Å². The van der Waals surface area contributed by atoms with Gasteiger partial charge in [0.1, 0.15) is 17.7 Å². The number of nitrogens with one attached hydrogen (secondary N) is 2. The number of anilines is 1. The monoisotopic (exact) mass is 443 g/mol. The third kappa shape index (κ3) is 4.03. The first-order valence-corrected chi connectivity index (χ1v) is 9.97. The number of fused-ring (bicyclic) bond motifs is 2. The van der Waals surface area contributed by atoms with Gasteiger partial charge in [-0.25, -0.2) is 8.78 Å². The van der Waals surface area contributed by atoms with Crippen molar-refractivity contribution in [2.75, 3.05) is 11.9 Å². The molecule has 1 fully saturated rings. The summed E-state index contributed by atoms with van der Waals surface area (Å²) >= 11 is 0. The van der Waals surface area contributed by atoms with Crippen LogP contribution in [0.5, 0.6) is 0 Å². The van der Waals surface area contributed by atoms with Crippen LogP contribution in [0.4, 0.5) is 14.5 Å². The normalized spacial score (nSPS) is 19.6. The van der Waals surface area contributed by atoms with Crippen molar-refractivity contribution >= 4 is 29.4 Å². The topological polar surface area (TPSA) is 116 Å². The summed E-state index contributed by atoms with van der Waals surface area (Å²) in [4.78, 5) is 50.1. The molecule has 0 saturated carbocycles. The van der Waals surface area contributed by atoms with Gasteiger partial charge in [0, 0.05) is 24.6 Å². The lowest BCUT2D eigenvalue weighted by atomic mass is 10.0. The van der Waals surface area contributed by atoms with Crippen molar-refractivity contribution < 1.29 is 33.1 Å². The molecule has 0 aromatic heterocycles. The van der Waals surface area contributed by atoms with E-state index in [1.165, 1.54) is 29.2 Å². The van der Waals surface area contributed by atoms with Crippen molar-refractivity contribution in [1.82, 2.24) is 10.2 Å². The van der Waals surface area contributed by atoms with Crippen LogP contribution in [0.1, 0.15) is 29.6 Å². The van der Waals surface area contributed by atoms with E-state index < -0.39 is 47.4 Å². The number of benzene rings is 2. The van der Waals surface area contributed by atoms with Crippen LogP contribution in [0.15, 0.2) is 36.4 Å². The van der Waals surface area contributed by atoms with E-state index in [9.17, 15) is 28.0 Å². The standard InChI is InChI=1S/C22H19F2N3O5/c23-12-2-3-13(15(24)10-12)11-1-4-16-14(9-11)22(32)27-8-7-17(20(27)21(31)26-16)25-18(28)5-6-19(29)30/h1-4,9-10,17,20H,5-8H2,(H,25,28)(H,26,31)(H,29,30). The molecule has 1 saturated heterocycles. The number of amides is 3. The summed E-state index contributed by atoms with van der Waals surface area (Å²) in [5, 5.41) is 14.0. The highest BCUT2D eigenvalue weighted by atomic mass is 19.1. The van der Waals surface area contributed by atoms with Crippen LogP contribution in [0.2, 0.25) is 0 Å². The fraction of sp³-hybridized carbons (Fsp3) is 0.273. The first-order chi connectivity index (χ1) is 15.2. The second kappa shape index (κ2) is 8.37. The summed E-state index contributed by atoms with van der Waals surface area (Å²) in [6, 6.07) is 5.94. The van der Waals surface area contributed by atoms with E-state index in [-0.39, 0.29) is 36.2 Å². The van der Waals surface area contributed by atoms with Crippen molar-refractivity contribution in [2.24, 2.45) is 0 Å². The number of carboxylic acids is 1. The SMILES string of the molecule is O=C(O)CCC(=O)NC1CCN2C(=O)c3cc(-c4ccc(F)cc4F)ccc3NC(=O)C12. The smallest absolute Gasteiger partial charge is 0.303 e. The molecule has 2 unspecified atom stereocenters. The maximum absolute atomic E-state index is 14.2. The molecule has 8 nitrogen and oxygen atoms in total. The van der Waals surface area contributed by atoms with Crippen molar-refractivity contribution in [3.8, 4) is 11.1 Å². The van der Waals surface area contributed by atoms with Crippen LogP contribution in [-0.2, 0) is 14.4 Å². The number of nitrogens with zero attached hydrogens (tertiary/aromatic N) is 1. The molecular formula is C22H19F2N3O5. The van der Waals surface area contributed by atoms with Crippen molar-refractivity contribution in [3.63, 3.8) is 0 Å². The molecule has 2 heterocycles. The van der Waals surface area contributed by atoms with Gasteiger partial charge in [0.2, 0.25) is 11.8 Å². The summed E-state index contributed by atoms with van der Waals surface area (Å²) in [6.07, 6.45) is -0.253. The van der Waals surface area contributed by atoms with Crippen molar-refractivity contribution in [1.29, 1.82) is 0 Å². The predicted molar refractivity (Wildman–Crippen MR) is 109 cm³/mol. The molecule has 166 valence electrons. The Morgan fingerprint density at radius 1 is 1.09 bits per heavy atom. The van der Waals surface area contributed by atoms with E-state index >= 15 is 0 Å². The molecule has 10 heteroatoms.